The molecule has 4 nitrogen and oxygen atoms in total. The quantitative estimate of drug-likeness (QED) is 0.815. The Morgan fingerprint density at radius 3 is 2.47 bits per heavy atom. The molecule has 1 amide bonds. The Labute approximate surface area is 99.5 Å². The molecule has 0 aromatic rings. The first-order valence-corrected chi connectivity index (χ1v) is 5.74. The number of hydrogen-bond acceptors (Lipinski definition) is 3. The summed E-state index contributed by atoms with van der Waals surface area (Å²) in [5, 5.41) is 9.09. The van der Waals surface area contributed by atoms with E-state index in [0.717, 1.165) is 4.90 Å². The number of ether oxygens (including phenoxy) is 1. The Morgan fingerprint density at radius 2 is 2.06 bits per heavy atom. The van der Waals surface area contributed by atoms with E-state index in [9.17, 15) is 13.6 Å². The van der Waals surface area contributed by atoms with Gasteiger partial charge in [-0.2, -0.15) is 0 Å². The van der Waals surface area contributed by atoms with Crippen LogP contribution in [-0.4, -0.2) is 53.2 Å². The van der Waals surface area contributed by atoms with Gasteiger partial charge in [-0.1, -0.05) is 0 Å². The first-order chi connectivity index (χ1) is 7.74. The second-order valence-electron chi connectivity index (χ2n) is 4.66. The van der Waals surface area contributed by atoms with Crippen LogP contribution in [-0.2, 0) is 9.53 Å². The van der Waals surface area contributed by atoms with Crippen molar-refractivity contribution in [3.05, 3.63) is 0 Å². The summed E-state index contributed by atoms with van der Waals surface area (Å²) in [6, 6.07) is 0. The van der Waals surface area contributed by atoms with E-state index in [1.54, 1.807) is 13.8 Å². The van der Waals surface area contributed by atoms with Gasteiger partial charge in [-0.25, -0.2) is 8.78 Å². The van der Waals surface area contributed by atoms with Gasteiger partial charge in [-0.15, -0.1) is 0 Å². The lowest BCUT2D eigenvalue weighted by Gasteiger charge is -2.39. The molecule has 0 aromatic heterocycles. The number of alkyl halides is 2. The normalized spacial score (nSPS) is 26.1. The molecule has 1 saturated heterocycles. The number of nitrogens with zero attached hydrogens (tertiary/aromatic N) is 1. The summed E-state index contributed by atoms with van der Waals surface area (Å²) < 4.78 is 32.5. The van der Waals surface area contributed by atoms with E-state index in [2.05, 4.69) is 0 Å². The van der Waals surface area contributed by atoms with Crippen molar-refractivity contribution in [2.24, 2.45) is 0 Å². The van der Waals surface area contributed by atoms with Gasteiger partial charge in [-0.3, -0.25) is 4.79 Å². The summed E-state index contributed by atoms with van der Waals surface area (Å²) in [7, 11) is 0. The molecule has 0 bridgehead atoms. The van der Waals surface area contributed by atoms with E-state index < -0.39 is 30.6 Å². The van der Waals surface area contributed by atoms with Crippen LogP contribution >= 0.6 is 0 Å². The van der Waals surface area contributed by atoms with E-state index >= 15 is 0 Å². The van der Waals surface area contributed by atoms with Crippen molar-refractivity contribution in [3.63, 3.8) is 0 Å². The number of likely N-dealkylation sites (tertiary alicyclic amines) is 1. The summed E-state index contributed by atoms with van der Waals surface area (Å²) in [4.78, 5) is 12.4. The number of halogens is 2. The van der Waals surface area contributed by atoms with Crippen LogP contribution in [0.25, 0.3) is 0 Å². The molecule has 0 saturated carbocycles. The van der Waals surface area contributed by atoms with Crippen molar-refractivity contribution in [1.29, 1.82) is 0 Å². The van der Waals surface area contributed by atoms with E-state index in [1.165, 1.54) is 6.92 Å². The van der Waals surface area contributed by atoms with Crippen molar-refractivity contribution in [3.8, 4) is 0 Å². The van der Waals surface area contributed by atoms with Crippen LogP contribution in [0.1, 0.15) is 27.2 Å². The standard InChI is InChI=1S/C11H19F2NO3/c1-7(2)17-9-4-5-14(6-11(9,12)13)10(16)8(3)15/h7-9,15H,4-6H2,1-3H3/t8-,9?/m0/s1. The number of piperidine rings is 1. The van der Waals surface area contributed by atoms with Crippen molar-refractivity contribution >= 4 is 5.91 Å². The Hall–Kier alpha value is -0.750. The number of aliphatic hydroxyl groups excluding tert-OH is 1. The minimum absolute atomic E-state index is 0.0869. The van der Waals surface area contributed by atoms with Crippen LogP contribution in [0.3, 0.4) is 0 Å². The third-order valence-electron chi connectivity index (χ3n) is 2.64. The molecule has 2 atom stereocenters. The van der Waals surface area contributed by atoms with Crippen molar-refractivity contribution in [1.82, 2.24) is 4.90 Å². The second-order valence-corrected chi connectivity index (χ2v) is 4.66. The van der Waals surface area contributed by atoms with E-state index in [-0.39, 0.29) is 19.1 Å². The number of hydrogen-bond donors (Lipinski definition) is 1. The predicted molar refractivity (Wildman–Crippen MR) is 57.8 cm³/mol. The van der Waals surface area contributed by atoms with E-state index in [4.69, 9.17) is 9.84 Å². The molecule has 6 heteroatoms. The van der Waals surface area contributed by atoms with Crippen LogP contribution in [0.15, 0.2) is 0 Å². The second kappa shape index (κ2) is 5.27. The average Bonchev–Trinajstić information content (AvgIpc) is 2.18. The lowest BCUT2D eigenvalue weighted by atomic mass is 10.0. The van der Waals surface area contributed by atoms with Gasteiger partial charge in [0.15, 0.2) is 0 Å². The minimum atomic E-state index is -3.06. The molecule has 0 radical (unpaired) electrons. The molecule has 0 spiro atoms. The smallest absolute Gasteiger partial charge is 0.290 e. The number of aliphatic hydroxyl groups is 1. The molecule has 1 aliphatic rings. The largest absolute Gasteiger partial charge is 0.384 e. The maximum absolute atomic E-state index is 13.7. The molecule has 1 rings (SSSR count). The van der Waals surface area contributed by atoms with Crippen LogP contribution in [0.2, 0.25) is 0 Å². The highest BCUT2D eigenvalue weighted by atomic mass is 19.3. The van der Waals surface area contributed by atoms with Gasteiger partial charge in [0.1, 0.15) is 12.2 Å². The zero-order valence-electron chi connectivity index (χ0n) is 10.3. The third kappa shape index (κ3) is 3.61. The highest BCUT2D eigenvalue weighted by Crippen LogP contribution is 2.30. The fourth-order valence-corrected chi connectivity index (χ4v) is 1.87. The number of rotatable bonds is 3. The van der Waals surface area contributed by atoms with Crippen molar-refractivity contribution in [2.45, 2.75) is 51.4 Å². The van der Waals surface area contributed by atoms with Gasteiger partial charge in [0.25, 0.3) is 11.8 Å². The van der Waals surface area contributed by atoms with Gasteiger partial charge >= 0.3 is 0 Å². The molecule has 1 unspecified atom stereocenters. The maximum Gasteiger partial charge on any atom is 0.290 e. The molecule has 1 aliphatic heterocycles. The van der Waals surface area contributed by atoms with Gasteiger partial charge < -0.3 is 14.7 Å². The molecule has 1 heterocycles. The SMILES string of the molecule is CC(C)OC1CCN(C(=O)[C@H](C)O)CC1(F)F. The summed E-state index contributed by atoms with van der Waals surface area (Å²) in [6.07, 6.45) is -2.58. The molecule has 100 valence electrons. The summed E-state index contributed by atoms with van der Waals surface area (Å²) >= 11 is 0. The predicted octanol–water partition coefficient (Wildman–Crippen LogP) is 1.03. The van der Waals surface area contributed by atoms with Gasteiger partial charge in [0.05, 0.1) is 12.6 Å². The molecule has 0 aromatic carbocycles. The zero-order chi connectivity index (χ0) is 13.2. The average molecular weight is 251 g/mol. The third-order valence-corrected chi connectivity index (χ3v) is 2.64. The van der Waals surface area contributed by atoms with Crippen LogP contribution < -0.4 is 0 Å². The Morgan fingerprint density at radius 1 is 1.47 bits per heavy atom. The lowest BCUT2D eigenvalue weighted by molar-refractivity contribution is -0.191. The van der Waals surface area contributed by atoms with Gasteiger partial charge in [-0.05, 0) is 27.2 Å². The topological polar surface area (TPSA) is 49.8 Å². The van der Waals surface area contributed by atoms with Crippen LogP contribution in [0.5, 0.6) is 0 Å². The van der Waals surface area contributed by atoms with E-state index in [0.29, 0.717) is 0 Å². The maximum atomic E-state index is 13.7. The minimum Gasteiger partial charge on any atom is -0.384 e. The Kier molecular flexibility index (Phi) is 4.43. The monoisotopic (exact) mass is 251 g/mol. The van der Waals surface area contributed by atoms with Gasteiger partial charge in [0.2, 0.25) is 0 Å². The summed E-state index contributed by atoms with van der Waals surface area (Å²) in [6.45, 7) is 4.18. The van der Waals surface area contributed by atoms with Gasteiger partial charge in [0, 0.05) is 6.54 Å². The highest BCUT2D eigenvalue weighted by Gasteiger charge is 2.47. The molecule has 17 heavy (non-hydrogen) atoms. The molecular formula is C11H19F2NO3. The first kappa shape index (κ1) is 14.3. The number of carbonyl (C=O) groups excluding carboxylic acids is 1. The molecule has 1 fully saturated rings. The summed E-state index contributed by atoms with van der Waals surface area (Å²) in [5.41, 5.74) is 0. The fraction of sp³-hybridized carbons (Fsp3) is 0.909. The van der Waals surface area contributed by atoms with Crippen molar-refractivity contribution in [2.75, 3.05) is 13.1 Å². The zero-order valence-corrected chi connectivity index (χ0v) is 10.3. The molecule has 1 N–H and O–H groups in total. The van der Waals surface area contributed by atoms with Crippen molar-refractivity contribution < 1.29 is 23.4 Å². The Bertz CT molecular complexity index is 282. The van der Waals surface area contributed by atoms with E-state index in [1.807, 2.05) is 0 Å². The highest BCUT2D eigenvalue weighted by molar-refractivity contribution is 5.80. The number of carbonyl (C=O) groups is 1. The Balaban J connectivity index is 2.65. The van der Waals surface area contributed by atoms with Crippen LogP contribution in [0, 0.1) is 0 Å². The first-order valence-electron chi connectivity index (χ1n) is 5.74. The molecular weight excluding hydrogens is 232 g/mol. The summed E-state index contributed by atoms with van der Waals surface area (Å²) in [5.74, 6) is -3.72. The number of amides is 1. The fourth-order valence-electron chi connectivity index (χ4n) is 1.87. The van der Waals surface area contributed by atoms with Crippen LogP contribution in [0.4, 0.5) is 8.78 Å². The lowest BCUT2D eigenvalue weighted by Crippen LogP contribution is -2.56. The molecule has 0 aliphatic carbocycles.